The van der Waals surface area contributed by atoms with E-state index in [2.05, 4.69) is 0 Å². The summed E-state index contributed by atoms with van der Waals surface area (Å²) < 4.78 is 11.4. The highest BCUT2D eigenvalue weighted by molar-refractivity contribution is 6.31. The summed E-state index contributed by atoms with van der Waals surface area (Å²) in [6.07, 6.45) is -0.409. The van der Waals surface area contributed by atoms with Gasteiger partial charge in [-0.3, -0.25) is 4.79 Å². The zero-order valence-electron chi connectivity index (χ0n) is 12.9. The topological polar surface area (TPSA) is 38.8 Å². The molecule has 21 heavy (non-hydrogen) atoms. The summed E-state index contributed by atoms with van der Waals surface area (Å²) in [7, 11) is 0. The maximum atomic E-state index is 12.5. The lowest BCUT2D eigenvalue weighted by atomic mass is 10.2. The fourth-order valence-electron chi connectivity index (χ4n) is 2.56. The van der Waals surface area contributed by atoms with E-state index < -0.39 is 6.10 Å². The van der Waals surface area contributed by atoms with Crippen LogP contribution in [0.1, 0.15) is 26.3 Å². The second-order valence-electron chi connectivity index (χ2n) is 5.67. The number of carbonyl (C=O) groups excluding carboxylic acids is 1. The monoisotopic (exact) mass is 311 g/mol. The average molecular weight is 312 g/mol. The molecule has 2 rings (SSSR count). The van der Waals surface area contributed by atoms with E-state index in [-0.39, 0.29) is 18.1 Å². The van der Waals surface area contributed by atoms with Crippen molar-refractivity contribution in [1.82, 2.24) is 4.90 Å². The van der Waals surface area contributed by atoms with Crippen molar-refractivity contribution in [3.05, 3.63) is 28.8 Å². The predicted octanol–water partition coefficient (Wildman–Crippen LogP) is 3.05. The fourth-order valence-corrected chi connectivity index (χ4v) is 2.68. The second-order valence-corrected chi connectivity index (χ2v) is 6.08. The highest BCUT2D eigenvalue weighted by Gasteiger charge is 2.29. The van der Waals surface area contributed by atoms with Gasteiger partial charge in [-0.05, 0) is 51.5 Å². The molecule has 0 spiro atoms. The van der Waals surface area contributed by atoms with Crippen LogP contribution in [0.4, 0.5) is 0 Å². The molecule has 0 aliphatic carbocycles. The normalized spacial score (nSPS) is 23.8. The molecule has 1 aromatic carbocycles. The van der Waals surface area contributed by atoms with E-state index in [1.165, 1.54) is 0 Å². The number of hydrogen-bond donors (Lipinski definition) is 0. The molecule has 3 unspecified atom stereocenters. The molecule has 5 heteroatoms. The van der Waals surface area contributed by atoms with E-state index in [1.54, 1.807) is 19.1 Å². The summed E-state index contributed by atoms with van der Waals surface area (Å²) in [4.78, 5) is 14.3. The van der Waals surface area contributed by atoms with Crippen molar-refractivity contribution in [3.8, 4) is 5.75 Å². The number of carbonyl (C=O) groups is 1. The SMILES string of the molecule is Cc1cc(OC(C)C(=O)N2CC(C)OC(C)C2)ccc1Cl. The van der Waals surface area contributed by atoms with Gasteiger partial charge in [0.2, 0.25) is 0 Å². The smallest absolute Gasteiger partial charge is 0.263 e. The van der Waals surface area contributed by atoms with Gasteiger partial charge < -0.3 is 14.4 Å². The van der Waals surface area contributed by atoms with Crippen molar-refractivity contribution < 1.29 is 14.3 Å². The Hall–Kier alpha value is -1.26. The largest absolute Gasteiger partial charge is 0.481 e. The minimum atomic E-state index is -0.525. The molecule has 4 nitrogen and oxygen atoms in total. The van der Waals surface area contributed by atoms with Gasteiger partial charge in [-0.1, -0.05) is 11.6 Å². The number of halogens is 1. The van der Waals surface area contributed by atoms with Gasteiger partial charge in [0.15, 0.2) is 6.10 Å². The maximum Gasteiger partial charge on any atom is 0.263 e. The Morgan fingerprint density at radius 3 is 2.57 bits per heavy atom. The first kappa shape index (κ1) is 16.1. The molecular weight excluding hydrogens is 290 g/mol. The number of hydrogen-bond acceptors (Lipinski definition) is 3. The molecule has 1 saturated heterocycles. The third-order valence-electron chi connectivity index (χ3n) is 3.52. The minimum absolute atomic E-state index is 0.00963. The summed E-state index contributed by atoms with van der Waals surface area (Å²) in [5.74, 6) is 0.650. The lowest BCUT2D eigenvalue weighted by Gasteiger charge is -2.36. The minimum Gasteiger partial charge on any atom is -0.481 e. The number of rotatable bonds is 3. The Bertz CT molecular complexity index is 510. The molecule has 1 aromatic rings. The molecule has 1 aliphatic heterocycles. The quantitative estimate of drug-likeness (QED) is 0.861. The zero-order valence-corrected chi connectivity index (χ0v) is 13.7. The lowest BCUT2D eigenvalue weighted by molar-refractivity contribution is -0.149. The number of morpholine rings is 1. The van der Waals surface area contributed by atoms with Gasteiger partial charge in [0.05, 0.1) is 12.2 Å². The molecule has 3 atom stereocenters. The van der Waals surface area contributed by atoms with Gasteiger partial charge in [0.25, 0.3) is 5.91 Å². The molecule has 1 fully saturated rings. The Kier molecular flexibility index (Phi) is 5.12. The third kappa shape index (κ3) is 4.11. The van der Waals surface area contributed by atoms with Crippen molar-refractivity contribution in [2.24, 2.45) is 0 Å². The van der Waals surface area contributed by atoms with Crippen LogP contribution < -0.4 is 4.74 Å². The van der Waals surface area contributed by atoms with Crippen LogP contribution in [0.3, 0.4) is 0 Å². The average Bonchev–Trinajstić information content (AvgIpc) is 2.41. The molecule has 1 amide bonds. The van der Waals surface area contributed by atoms with Crippen LogP contribution in [-0.4, -0.2) is 42.2 Å². The summed E-state index contributed by atoms with van der Waals surface area (Å²) >= 11 is 5.99. The Morgan fingerprint density at radius 2 is 2.00 bits per heavy atom. The second kappa shape index (κ2) is 6.67. The van der Waals surface area contributed by atoms with Gasteiger partial charge in [-0.25, -0.2) is 0 Å². The molecule has 1 heterocycles. The summed E-state index contributed by atoms with van der Waals surface area (Å²) in [5.41, 5.74) is 0.933. The van der Waals surface area contributed by atoms with Crippen molar-refractivity contribution in [2.45, 2.75) is 46.0 Å². The lowest BCUT2D eigenvalue weighted by Crippen LogP contribution is -2.51. The molecule has 0 N–H and O–H groups in total. The molecule has 0 radical (unpaired) electrons. The first-order valence-electron chi connectivity index (χ1n) is 7.24. The highest BCUT2D eigenvalue weighted by Crippen LogP contribution is 2.22. The Balaban J connectivity index is 2.00. The van der Waals surface area contributed by atoms with Gasteiger partial charge in [0, 0.05) is 18.1 Å². The van der Waals surface area contributed by atoms with Crippen molar-refractivity contribution >= 4 is 17.5 Å². The standard InChI is InChI=1S/C16H22ClNO3/c1-10-7-14(5-6-15(10)17)21-13(4)16(19)18-8-11(2)20-12(3)9-18/h5-7,11-13H,8-9H2,1-4H3. The van der Waals surface area contributed by atoms with Crippen LogP contribution in [0.15, 0.2) is 18.2 Å². The third-order valence-corrected chi connectivity index (χ3v) is 3.95. The van der Waals surface area contributed by atoms with E-state index in [0.717, 1.165) is 5.56 Å². The van der Waals surface area contributed by atoms with Gasteiger partial charge in [0.1, 0.15) is 5.75 Å². The number of benzene rings is 1. The molecule has 0 saturated carbocycles. The van der Waals surface area contributed by atoms with Crippen molar-refractivity contribution in [1.29, 1.82) is 0 Å². The number of amides is 1. The van der Waals surface area contributed by atoms with E-state index in [1.807, 2.05) is 31.7 Å². The van der Waals surface area contributed by atoms with Crippen LogP contribution in [0.25, 0.3) is 0 Å². The van der Waals surface area contributed by atoms with E-state index in [0.29, 0.717) is 23.9 Å². The molecule has 0 aromatic heterocycles. The highest BCUT2D eigenvalue weighted by atomic mass is 35.5. The molecular formula is C16H22ClNO3. The van der Waals surface area contributed by atoms with Gasteiger partial charge >= 0.3 is 0 Å². The van der Waals surface area contributed by atoms with E-state index >= 15 is 0 Å². The van der Waals surface area contributed by atoms with Crippen LogP contribution in [0.5, 0.6) is 5.75 Å². The van der Waals surface area contributed by atoms with Crippen LogP contribution in [0.2, 0.25) is 5.02 Å². The van der Waals surface area contributed by atoms with Crippen LogP contribution in [-0.2, 0) is 9.53 Å². The molecule has 0 bridgehead atoms. The summed E-state index contributed by atoms with van der Waals surface area (Å²) in [5, 5.41) is 0.692. The maximum absolute atomic E-state index is 12.5. The van der Waals surface area contributed by atoms with Crippen molar-refractivity contribution in [3.63, 3.8) is 0 Å². The first-order chi connectivity index (χ1) is 9.86. The fraction of sp³-hybridized carbons (Fsp3) is 0.562. The first-order valence-corrected chi connectivity index (χ1v) is 7.61. The van der Waals surface area contributed by atoms with E-state index in [9.17, 15) is 4.79 Å². The summed E-state index contributed by atoms with van der Waals surface area (Å²) in [6.45, 7) is 8.85. The predicted molar refractivity (Wildman–Crippen MR) is 82.9 cm³/mol. The van der Waals surface area contributed by atoms with Gasteiger partial charge in [-0.15, -0.1) is 0 Å². The Morgan fingerprint density at radius 1 is 1.38 bits per heavy atom. The summed E-state index contributed by atoms with van der Waals surface area (Å²) in [6, 6.07) is 5.41. The van der Waals surface area contributed by atoms with E-state index in [4.69, 9.17) is 21.1 Å². The Labute approximate surface area is 131 Å². The molecule has 116 valence electrons. The molecule has 1 aliphatic rings. The number of ether oxygens (including phenoxy) is 2. The van der Waals surface area contributed by atoms with Crippen molar-refractivity contribution in [2.75, 3.05) is 13.1 Å². The number of nitrogens with zero attached hydrogens (tertiary/aromatic N) is 1. The number of aryl methyl sites for hydroxylation is 1. The van der Waals surface area contributed by atoms with Gasteiger partial charge in [-0.2, -0.15) is 0 Å². The zero-order chi connectivity index (χ0) is 15.6. The van der Waals surface area contributed by atoms with Crippen LogP contribution >= 0.6 is 11.6 Å². The van der Waals surface area contributed by atoms with Crippen LogP contribution in [0, 0.1) is 6.92 Å².